The molecule has 0 saturated carbocycles. The molecular formula is C11H12ClN3OS. The molecule has 1 heterocycles. The summed E-state index contributed by atoms with van der Waals surface area (Å²) in [5.41, 5.74) is 1.27. The quantitative estimate of drug-likeness (QED) is 0.734. The normalized spacial score (nSPS) is 12.9. The third-order valence-corrected chi connectivity index (χ3v) is 3.32. The van der Waals surface area contributed by atoms with Crippen LogP contribution in [0.1, 0.15) is 24.4 Å². The van der Waals surface area contributed by atoms with Crippen LogP contribution < -0.4 is 10.3 Å². The van der Waals surface area contributed by atoms with Gasteiger partial charge in [-0.25, -0.2) is 4.98 Å². The smallest absolute Gasteiger partial charge is 0.258 e. The van der Waals surface area contributed by atoms with Crippen molar-refractivity contribution in [3.05, 3.63) is 38.9 Å². The Morgan fingerprint density at radius 2 is 2.24 bits per heavy atom. The van der Waals surface area contributed by atoms with E-state index in [1.165, 1.54) is 0 Å². The van der Waals surface area contributed by atoms with Crippen LogP contribution in [0.25, 0.3) is 10.9 Å². The molecule has 0 amide bonds. The van der Waals surface area contributed by atoms with Crippen molar-refractivity contribution in [1.29, 1.82) is 0 Å². The van der Waals surface area contributed by atoms with Gasteiger partial charge in [0.2, 0.25) is 0 Å². The van der Waals surface area contributed by atoms with Crippen LogP contribution in [0.15, 0.2) is 16.9 Å². The highest BCUT2D eigenvalue weighted by molar-refractivity contribution is 7.78. The number of nitrogens with one attached hydrogen (secondary N) is 2. The summed E-state index contributed by atoms with van der Waals surface area (Å²) in [6, 6.07) is 3.41. The van der Waals surface area contributed by atoms with Gasteiger partial charge in [-0.3, -0.25) is 9.52 Å². The van der Waals surface area contributed by atoms with Crippen LogP contribution in [0.4, 0.5) is 0 Å². The van der Waals surface area contributed by atoms with Crippen molar-refractivity contribution in [2.24, 2.45) is 0 Å². The second-order valence-corrected chi connectivity index (χ2v) is 4.56. The van der Waals surface area contributed by atoms with E-state index >= 15 is 0 Å². The lowest BCUT2D eigenvalue weighted by Crippen LogP contribution is -2.12. The first-order valence-electron chi connectivity index (χ1n) is 5.12. The number of hydrogen-bond donors (Lipinski definition) is 3. The fourth-order valence-electron chi connectivity index (χ4n) is 1.70. The molecule has 0 aliphatic heterocycles. The molecule has 4 nitrogen and oxygen atoms in total. The predicted molar refractivity (Wildman–Crippen MR) is 72.6 cm³/mol. The van der Waals surface area contributed by atoms with Crippen LogP contribution >= 0.6 is 24.4 Å². The number of rotatable bonds is 2. The Labute approximate surface area is 109 Å². The molecule has 0 spiro atoms. The molecule has 0 aliphatic rings. The number of H-pyrrole nitrogens is 1. The molecule has 1 unspecified atom stereocenters. The lowest BCUT2D eigenvalue weighted by atomic mass is 10.1. The van der Waals surface area contributed by atoms with Gasteiger partial charge in [0.1, 0.15) is 5.82 Å². The summed E-state index contributed by atoms with van der Waals surface area (Å²) in [5, 5.41) is 1.11. The lowest BCUT2D eigenvalue weighted by molar-refractivity contribution is 0.760. The summed E-state index contributed by atoms with van der Waals surface area (Å²) in [6.45, 7) is 3.65. The summed E-state index contributed by atoms with van der Waals surface area (Å²) in [5.74, 6) is 0.576. The minimum Gasteiger partial charge on any atom is -0.310 e. The number of hydrogen-bond acceptors (Lipinski definition) is 4. The average molecular weight is 270 g/mol. The molecule has 1 atom stereocenters. The Morgan fingerprint density at radius 3 is 2.88 bits per heavy atom. The molecule has 0 saturated heterocycles. The van der Waals surface area contributed by atoms with Crippen molar-refractivity contribution >= 4 is 35.3 Å². The van der Waals surface area contributed by atoms with Crippen LogP contribution in [0.2, 0.25) is 5.02 Å². The van der Waals surface area contributed by atoms with Gasteiger partial charge in [-0.05, 0) is 31.5 Å². The Balaban J connectivity index is 2.76. The molecule has 6 heteroatoms. The van der Waals surface area contributed by atoms with E-state index < -0.39 is 0 Å². The number of aromatic amines is 1. The fourth-order valence-corrected chi connectivity index (χ4v) is 2.16. The van der Waals surface area contributed by atoms with E-state index in [4.69, 9.17) is 11.6 Å². The van der Waals surface area contributed by atoms with Crippen molar-refractivity contribution < 1.29 is 0 Å². The minimum absolute atomic E-state index is 0.0454. The first-order chi connectivity index (χ1) is 8.02. The van der Waals surface area contributed by atoms with Crippen molar-refractivity contribution in [3.63, 3.8) is 0 Å². The average Bonchev–Trinajstić information content (AvgIpc) is 2.27. The van der Waals surface area contributed by atoms with E-state index in [2.05, 4.69) is 27.5 Å². The van der Waals surface area contributed by atoms with Gasteiger partial charge in [-0.1, -0.05) is 24.4 Å². The Kier molecular flexibility index (Phi) is 3.42. The van der Waals surface area contributed by atoms with Crippen LogP contribution in [0.5, 0.6) is 0 Å². The van der Waals surface area contributed by atoms with Crippen LogP contribution in [0.3, 0.4) is 0 Å². The summed E-state index contributed by atoms with van der Waals surface area (Å²) in [4.78, 5) is 18.7. The SMILES string of the molecule is Cc1nc2cc(Cl)c(C(C)NS)cc2c(=O)[nH]1. The van der Waals surface area contributed by atoms with E-state index in [9.17, 15) is 4.79 Å². The molecule has 2 N–H and O–H groups in total. The molecule has 2 aromatic rings. The molecule has 17 heavy (non-hydrogen) atoms. The molecule has 90 valence electrons. The minimum atomic E-state index is -0.156. The Bertz CT molecular complexity index is 626. The third kappa shape index (κ3) is 2.31. The largest absolute Gasteiger partial charge is 0.310 e. The second kappa shape index (κ2) is 4.68. The summed E-state index contributed by atoms with van der Waals surface area (Å²) >= 11 is 10.2. The van der Waals surface area contributed by atoms with Gasteiger partial charge < -0.3 is 4.98 Å². The maximum Gasteiger partial charge on any atom is 0.258 e. The van der Waals surface area contributed by atoms with E-state index in [-0.39, 0.29) is 11.6 Å². The third-order valence-electron chi connectivity index (χ3n) is 2.60. The standard InChI is InChI=1S/C11H12ClN3OS/c1-5(15-17)7-3-8-10(4-9(7)12)13-6(2)14-11(8)16/h3-5,15,17H,1-2H3,(H,13,14,16). The molecule has 0 aliphatic carbocycles. The number of aromatic nitrogens is 2. The maximum atomic E-state index is 11.8. The zero-order valence-electron chi connectivity index (χ0n) is 9.41. The zero-order chi connectivity index (χ0) is 12.6. The molecule has 1 aromatic carbocycles. The highest BCUT2D eigenvalue weighted by atomic mass is 35.5. The molecule has 1 aromatic heterocycles. The van der Waals surface area contributed by atoms with E-state index in [0.717, 1.165) is 5.56 Å². The van der Waals surface area contributed by atoms with Gasteiger partial charge in [0.25, 0.3) is 5.56 Å². The summed E-state index contributed by atoms with van der Waals surface area (Å²) in [7, 11) is 0. The number of nitrogens with zero attached hydrogens (tertiary/aromatic N) is 1. The first-order valence-corrected chi connectivity index (χ1v) is 5.95. The number of aryl methyl sites for hydroxylation is 1. The van der Waals surface area contributed by atoms with Gasteiger partial charge in [-0.15, -0.1) is 0 Å². The Hall–Kier alpha value is -1.04. The lowest BCUT2D eigenvalue weighted by Gasteiger charge is -2.12. The van der Waals surface area contributed by atoms with Crippen molar-refractivity contribution in [3.8, 4) is 0 Å². The second-order valence-electron chi connectivity index (χ2n) is 3.89. The highest BCUT2D eigenvalue weighted by Gasteiger charge is 2.12. The van der Waals surface area contributed by atoms with E-state index in [1.807, 2.05) is 6.92 Å². The highest BCUT2D eigenvalue weighted by Crippen LogP contribution is 2.26. The topological polar surface area (TPSA) is 57.8 Å². The van der Waals surface area contributed by atoms with Gasteiger partial charge in [0.05, 0.1) is 10.9 Å². The first kappa shape index (κ1) is 12.4. The zero-order valence-corrected chi connectivity index (χ0v) is 11.1. The fraction of sp³-hybridized carbons (Fsp3) is 0.273. The van der Waals surface area contributed by atoms with Crippen LogP contribution in [0, 0.1) is 6.92 Å². The van der Waals surface area contributed by atoms with Gasteiger partial charge >= 0.3 is 0 Å². The Morgan fingerprint density at radius 1 is 1.53 bits per heavy atom. The van der Waals surface area contributed by atoms with E-state index in [1.54, 1.807) is 19.1 Å². The number of halogens is 1. The van der Waals surface area contributed by atoms with Crippen LogP contribution in [-0.2, 0) is 0 Å². The number of thiol groups is 1. The van der Waals surface area contributed by atoms with Gasteiger partial charge in [-0.2, -0.15) is 0 Å². The van der Waals surface area contributed by atoms with Gasteiger partial charge in [0.15, 0.2) is 0 Å². The number of fused-ring (bicyclic) bond motifs is 1. The van der Waals surface area contributed by atoms with Crippen molar-refractivity contribution in [1.82, 2.24) is 14.7 Å². The monoisotopic (exact) mass is 269 g/mol. The molecule has 0 bridgehead atoms. The van der Waals surface area contributed by atoms with Gasteiger partial charge in [0, 0.05) is 11.1 Å². The van der Waals surface area contributed by atoms with E-state index in [0.29, 0.717) is 21.7 Å². The molecule has 0 radical (unpaired) electrons. The number of benzene rings is 1. The predicted octanol–water partition coefficient (Wildman–Crippen LogP) is 2.38. The summed E-state index contributed by atoms with van der Waals surface area (Å²) < 4.78 is 2.79. The van der Waals surface area contributed by atoms with Crippen molar-refractivity contribution in [2.45, 2.75) is 19.9 Å². The summed E-state index contributed by atoms with van der Waals surface area (Å²) in [6.07, 6.45) is 0. The van der Waals surface area contributed by atoms with Crippen LogP contribution in [-0.4, -0.2) is 9.97 Å². The maximum absolute atomic E-state index is 11.8. The molecule has 0 fully saturated rings. The molecule has 2 rings (SSSR count). The molecular weight excluding hydrogens is 258 g/mol. The van der Waals surface area contributed by atoms with Crippen molar-refractivity contribution in [2.75, 3.05) is 0 Å².